The Hall–Kier alpha value is -3.96. The van der Waals surface area contributed by atoms with E-state index < -0.39 is 0 Å². The molecule has 0 saturated carbocycles. The Bertz CT molecular complexity index is 1280. The number of para-hydroxylation sites is 1. The molecular weight excluding hydrogens is 422 g/mol. The zero-order valence-corrected chi connectivity index (χ0v) is 18.8. The van der Waals surface area contributed by atoms with Gasteiger partial charge in [0.25, 0.3) is 5.91 Å². The quantitative estimate of drug-likeness (QED) is 0.420. The van der Waals surface area contributed by atoms with Crippen LogP contribution in [-0.4, -0.2) is 46.9 Å². The average molecular weight is 448 g/mol. The number of hydrogen-bond donors (Lipinski definition) is 0. The monoisotopic (exact) mass is 447 g/mol. The van der Waals surface area contributed by atoms with Gasteiger partial charge in [0.1, 0.15) is 5.75 Å². The van der Waals surface area contributed by atoms with Gasteiger partial charge in [0.05, 0.1) is 17.8 Å². The zero-order valence-electron chi connectivity index (χ0n) is 18.8. The molecule has 0 radical (unpaired) electrons. The lowest BCUT2D eigenvalue weighted by Crippen LogP contribution is -2.49. The molecule has 0 spiro atoms. The summed E-state index contributed by atoms with van der Waals surface area (Å²) in [4.78, 5) is 22.0. The van der Waals surface area contributed by atoms with Crippen molar-refractivity contribution in [2.45, 2.75) is 6.04 Å². The topological polar surface area (TPSA) is 45.7 Å². The summed E-state index contributed by atoms with van der Waals surface area (Å²) in [6.45, 7) is 2.98. The molecule has 6 rings (SSSR count). The molecule has 5 nitrogen and oxygen atoms in total. The maximum absolute atomic E-state index is 13.4. The molecule has 1 aliphatic carbocycles. The molecule has 1 saturated heterocycles. The molecular formula is C29H25N3O2. The van der Waals surface area contributed by atoms with Crippen LogP contribution in [0.1, 0.15) is 27.5 Å². The van der Waals surface area contributed by atoms with Gasteiger partial charge in [-0.05, 0) is 40.5 Å². The molecule has 4 aromatic rings. The summed E-state index contributed by atoms with van der Waals surface area (Å²) < 4.78 is 5.98. The Morgan fingerprint density at radius 3 is 2.06 bits per heavy atom. The highest BCUT2D eigenvalue weighted by Crippen LogP contribution is 2.46. The van der Waals surface area contributed by atoms with Gasteiger partial charge in [0, 0.05) is 32.4 Å². The maximum atomic E-state index is 13.4. The van der Waals surface area contributed by atoms with E-state index in [1.54, 1.807) is 18.5 Å². The number of benzene rings is 3. The van der Waals surface area contributed by atoms with Gasteiger partial charge in [-0.1, -0.05) is 66.7 Å². The average Bonchev–Trinajstić information content (AvgIpc) is 3.24. The van der Waals surface area contributed by atoms with Crippen molar-refractivity contribution in [1.29, 1.82) is 0 Å². The number of piperazine rings is 1. The first-order valence-electron chi connectivity index (χ1n) is 11.7. The Balaban J connectivity index is 1.20. The second-order valence-corrected chi connectivity index (χ2v) is 8.69. The van der Waals surface area contributed by atoms with E-state index in [-0.39, 0.29) is 11.9 Å². The molecule has 3 aromatic carbocycles. The fraction of sp³-hybridized carbons (Fsp3) is 0.172. The molecule has 1 fully saturated rings. The van der Waals surface area contributed by atoms with E-state index in [1.165, 1.54) is 22.3 Å². The summed E-state index contributed by atoms with van der Waals surface area (Å²) in [5.41, 5.74) is 5.90. The van der Waals surface area contributed by atoms with Gasteiger partial charge in [-0.25, -0.2) is 0 Å². The van der Waals surface area contributed by atoms with Crippen molar-refractivity contribution in [1.82, 2.24) is 14.8 Å². The van der Waals surface area contributed by atoms with Crippen molar-refractivity contribution in [2.24, 2.45) is 0 Å². The van der Waals surface area contributed by atoms with Gasteiger partial charge in [-0.2, -0.15) is 0 Å². The van der Waals surface area contributed by atoms with E-state index in [4.69, 9.17) is 4.74 Å². The highest BCUT2D eigenvalue weighted by atomic mass is 16.5. The number of carbonyl (C=O) groups excluding carboxylic acids is 1. The third-order valence-corrected chi connectivity index (χ3v) is 6.75. The fourth-order valence-electron chi connectivity index (χ4n) is 5.13. The van der Waals surface area contributed by atoms with Gasteiger partial charge in [0.2, 0.25) is 0 Å². The number of hydrogen-bond acceptors (Lipinski definition) is 4. The molecule has 5 heteroatoms. The number of rotatable bonds is 4. The van der Waals surface area contributed by atoms with E-state index in [9.17, 15) is 4.79 Å². The SMILES string of the molecule is O=C(c1ccncc1Oc1ccccc1)N1CCN(C2c3ccccc3-c3ccccc32)CC1. The largest absolute Gasteiger partial charge is 0.455 e. The molecule has 1 amide bonds. The molecule has 1 aromatic heterocycles. The second-order valence-electron chi connectivity index (χ2n) is 8.69. The van der Waals surface area contributed by atoms with Crippen LogP contribution in [0.2, 0.25) is 0 Å². The minimum absolute atomic E-state index is 0.0137. The summed E-state index contributed by atoms with van der Waals surface area (Å²) in [5.74, 6) is 1.16. The van der Waals surface area contributed by atoms with Crippen molar-refractivity contribution in [3.8, 4) is 22.6 Å². The van der Waals surface area contributed by atoms with Crippen molar-refractivity contribution in [3.63, 3.8) is 0 Å². The van der Waals surface area contributed by atoms with Crippen LogP contribution in [0.4, 0.5) is 0 Å². The van der Waals surface area contributed by atoms with E-state index in [0.717, 1.165) is 13.1 Å². The molecule has 0 N–H and O–H groups in total. The number of carbonyl (C=O) groups is 1. The Kier molecular flexibility index (Phi) is 5.32. The van der Waals surface area contributed by atoms with Crippen LogP contribution >= 0.6 is 0 Å². The van der Waals surface area contributed by atoms with Crippen LogP contribution in [0.25, 0.3) is 11.1 Å². The summed E-state index contributed by atoms with van der Waals surface area (Å²) in [5, 5.41) is 0. The number of nitrogens with zero attached hydrogens (tertiary/aromatic N) is 3. The highest BCUT2D eigenvalue weighted by molar-refractivity contribution is 5.97. The molecule has 0 unspecified atom stereocenters. The van der Waals surface area contributed by atoms with Gasteiger partial charge in [-0.3, -0.25) is 14.7 Å². The molecule has 34 heavy (non-hydrogen) atoms. The number of fused-ring (bicyclic) bond motifs is 3. The van der Waals surface area contributed by atoms with Crippen molar-refractivity contribution in [2.75, 3.05) is 26.2 Å². The van der Waals surface area contributed by atoms with Crippen molar-refractivity contribution in [3.05, 3.63) is 114 Å². The van der Waals surface area contributed by atoms with Crippen LogP contribution in [0.3, 0.4) is 0 Å². The van der Waals surface area contributed by atoms with Gasteiger partial charge >= 0.3 is 0 Å². The van der Waals surface area contributed by atoms with E-state index in [2.05, 4.69) is 58.4 Å². The Morgan fingerprint density at radius 2 is 1.38 bits per heavy atom. The summed E-state index contributed by atoms with van der Waals surface area (Å²) in [6.07, 6.45) is 3.26. The van der Waals surface area contributed by atoms with Crippen LogP contribution in [0.15, 0.2) is 97.3 Å². The second kappa shape index (κ2) is 8.76. The minimum atomic E-state index is -0.0137. The maximum Gasteiger partial charge on any atom is 0.257 e. The summed E-state index contributed by atoms with van der Waals surface area (Å²) in [7, 11) is 0. The third kappa shape index (κ3) is 3.64. The lowest BCUT2D eigenvalue weighted by molar-refractivity contribution is 0.0597. The van der Waals surface area contributed by atoms with Crippen LogP contribution < -0.4 is 4.74 Å². The number of amides is 1. The summed E-state index contributed by atoms with van der Waals surface area (Å²) in [6, 6.07) is 28.8. The number of aromatic nitrogens is 1. The zero-order chi connectivity index (χ0) is 22.9. The van der Waals surface area contributed by atoms with E-state index >= 15 is 0 Å². The molecule has 168 valence electrons. The molecule has 0 atom stereocenters. The van der Waals surface area contributed by atoms with Crippen LogP contribution in [0, 0.1) is 0 Å². The van der Waals surface area contributed by atoms with Gasteiger partial charge in [0.15, 0.2) is 5.75 Å². The van der Waals surface area contributed by atoms with Gasteiger partial charge < -0.3 is 9.64 Å². The molecule has 2 aliphatic rings. The first-order valence-corrected chi connectivity index (χ1v) is 11.7. The van der Waals surface area contributed by atoms with Crippen LogP contribution in [0.5, 0.6) is 11.5 Å². The number of pyridine rings is 1. The van der Waals surface area contributed by atoms with E-state index in [1.807, 2.05) is 35.2 Å². The third-order valence-electron chi connectivity index (χ3n) is 6.75. The van der Waals surface area contributed by atoms with Crippen LogP contribution in [-0.2, 0) is 0 Å². The molecule has 1 aliphatic heterocycles. The number of ether oxygens (including phenoxy) is 1. The van der Waals surface area contributed by atoms with Crippen molar-refractivity contribution < 1.29 is 9.53 Å². The lowest BCUT2D eigenvalue weighted by Gasteiger charge is -2.38. The predicted molar refractivity (Wildman–Crippen MR) is 132 cm³/mol. The lowest BCUT2D eigenvalue weighted by atomic mass is 10.0. The van der Waals surface area contributed by atoms with Crippen molar-refractivity contribution >= 4 is 5.91 Å². The Labute approximate surface area is 199 Å². The predicted octanol–water partition coefficient (Wildman–Crippen LogP) is 5.40. The first kappa shape index (κ1) is 20.6. The summed E-state index contributed by atoms with van der Waals surface area (Å²) >= 11 is 0. The standard InChI is InChI=1S/C29H25N3O2/c33-29(26-14-15-30-20-27(26)34-21-8-2-1-3-9-21)32-18-16-31(17-19-32)28-24-12-6-4-10-22(24)23-11-5-7-13-25(23)28/h1-15,20,28H,16-19H2. The first-order chi connectivity index (χ1) is 16.8. The highest BCUT2D eigenvalue weighted by Gasteiger charge is 2.35. The Morgan fingerprint density at radius 1 is 0.765 bits per heavy atom. The normalized spacial score (nSPS) is 15.6. The van der Waals surface area contributed by atoms with Gasteiger partial charge in [-0.15, -0.1) is 0 Å². The molecule has 2 heterocycles. The van der Waals surface area contributed by atoms with E-state index in [0.29, 0.717) is 30.2 Å². The minimum Gasteiger partial charge on any atom is -0.455 e. The molecule has 0 bridgehead atoms. The smallest absolute Gasteiger partial charge is 0.257 e. The fourth-order valence-corrected chi connectivity index (χ4v) is 5.13.